The maximum atomic E-state index is 11.6. The molecule has 3 N–H and O–H groups in total. The molecule has 0 aliphatic heterocycles. The van der Waals surface area contributed by atoms with Crippen LogP contribution in [0.3, 0.4) is 0 Å². The van der Waals surface area contributed by atoms with E-state index in [1.807, 2.05) is 0 Å². The summed E-state index contributed by atoms with van der Waals surface area (Å²) in [4.78, 5) is 11.6. The van der Waals surface area contributed by atoms with E-state index in [0.717, 1.165) is 6.07 Å². The van der Waals surface area contributed by atoms with Crippen LogP contribution in [0, 0.1) is 6.92 Å². The van der Waals surface area contributed by atoms with Crippen LogP contribution in [0.25, 0.3) is 0 Å². The van der Waals surface area contributed by atoms with Gasteiger partial charge in [0, 0.05) is 18.1 Å². The Labute approximate surface area is 86.8 Å². The first-order chi connectivity index (χ1) is 7.02. The number of fused-ring (bicyclic) bond motifs is 1. The Hall–Kier alpha value is -1.55. The number of carbonyl (C=O) groups is 1. The summed E-state index contributed by atoms with van der Waals surface area (Å²) in [5, 5.41) is 28.8. The summed E-state index contributed by atoms with van der Waals surface area (Å²) in [6.45, 7) is 1.62. The molecule has 1 aliphatic carbocycles. The van der Waals surface area contributed by atoms with Crippen LogP contribution < -0.4 is 0 Å². The van der Waals surface area contributed by atoms with Crippen molar-refractivity contribution in [3.8, 4) is 11.5 Å². The average molecular weight is 208 g/mol. The van der Waals surface area contributed by atoms with Gasteiger partial charge in [-0.05, 0) is 18.9 Å². The third-order valence-electron chi connectivity index (χ3n) is 2.84. The van der Waals surface area contributed by atoms with Crippen LogP contribution in [0.4, 0.5) is 0 Å². The summed E-state index contributed by atoms with van der Waals surface area (Å²) >= 11 is 0. The second kappa shape index (κ2) is 3.24. The monoisotopic (exact) mass is 208 g/mol. The number of rotatable bonds is 0. The number of aliphatic hydroxyl groups is 1. The second-order valence-electron chi connectivity index (χ2n) is 3.81. The number of hydrogen-bond donors (Lipinski definition) is 3. The molecule has 1 aromatic rings. The molecule has 0 aromatic heterocycles. The van der Waals surface area contributed by atoms with Crippen LogP contribution >= 0.6 is 0 Å². The highest BCUT2D eigenvalue weighted by Gasteiger charge is 2.29. The third kappa shape index (κ3) is 1.37. The van der Waals surface area contributed by atoms with Gasteiger partial charge in [0.2, 0.25) is 0 Å². The van der Waals surface area contributed by atoms with Crippen LogP contribution in [0.5, 0.6) is 11.5 Å². The minimum Gasteiger partial charge on any atom is -0.508 e. The number of aliphatic hydroxyl groups excluding tert-OH is 1. The lowest BCUT2D eigenvalue weighted by Crippen LogP contribution is -2.17. The number of ketones is 1. The van der Waals surface area contributed by atoms with Crippen LogP contribution in [-0.2, 0) is 0 Å². The van der Waals surface area contributed by atoms with Gasteiger partial charge >= 0.3 is 0 Å². The van der Waals surface area contributed by atoms with E-state index in [2.05, 4.69) is 0 Å². The smallest absolute Gasteiger partial charge is 0.167 e. The minimum absolute atomic E-state index is 0.0972. The molecule has 80 valence electrons. The first-order valence-corrected chi connectivity index (χ1v) is 4.79. The Morgan fingerprint density at radius 2 is 2.00 bits per heavy atom. The molecular weight excluding hydrogens is 196 g/mol. The number of aromatic hydroxyl groups is 2. The lowest BCUT2D eigenvalue weighted by Gasteiger charge is -2.23. The Bertz CT molecular complexity index is 437. The first-order valence-electron chi connectivity index (χ1n) is 4.79. The highest BCUT2D eigenvalue weighted by Crippen LogP contribution is 2.40. The maximum Gasteiger partial charge on any atom is 0.167 e. The molecule has 0 radical (unpaired) electrons. The summed E-state index contributed by atoms with van der Waals surface area (Å²) in [5.41, 5.74) is 0.983. The summed E-state index contributed by atoms with van der Waals surface area (Å²) < 4.78 is 0. The Morgan fingerprint density at radius 3 is 2.67 bits per heavy atom. The number of phenolic OH excluding ortho intramolecular Hbond substituents is 2. The fraction of sp³-hybridized carbons (Fsp3) is 0.364. The van der Waals surface area contributed by atoms with Gasteiger partial charge < -0.3 is 15.3 Å². The molecule has 0 saturated heterocycles. The molecular formula is C11H12O4. The summed E-state index contributed by atoms with van der Waals surface area (Å²) in [7, 11) is 0. The van der Waals surface area contributed by atoms with Crippen molar-refractivity contribution >= 4 is 5.78 Å². The Kier molecular flexibility index (Phi) is 2.16. The van der Waals surface area contributed by atoms with Crippen molar-refractivity contribution in [3.05, 3.63) is 22.8 Å². The number of hydrogen-bond acceptors (Lipinski definition) is 4. The number of benzene rings is 1. The van der Waals surface area contributed by atoms with Crippen molar-refractivity contribution < 1.29 is 20.1 Å². The van der Waals surface area contributed by atoms with Gasteiger partial charge in [-0.25, -0.2) is 0 Å². The highest BCUT2D eigenvalue weighted by atomic mass is 16.3. The molecule has 4 nitrogen and oxygen atoms in total. The molecule has 4 heteroatoms. The number of phenols is 2. The van der Waals surface area contributed by atoms with Gasteiger partial charge in [-0.1, -0.05) is 0 Å². The Balaban J connectivity index is 2.76. The van der Waals surface area contributed by atoms with Crippen molar-refractivity contribution in [2.24, 2.45) is 0 Å². The highest BCUT2D eigenvalue weighted by molar-refractivity contribution is 6.01. The van der Waals surface area contributed by atoms with Crippen LogP contribution in [0.15, 0.2) is 6.07 Å². The van der Waals surface area contributed by atoms with Crippen molar-refractivity contribution in [2.75, 3.05) is 0 Å². The molecule has 1 aromatic carbocycles. The fourth-order valence-electron chi connectivity index (χ4n) is 2.02. The molecule has 0 fully saturated rings. The van der Waals surface area contributed by atoms with Gasteiger partial charge in [0.25, 0.3) is 0 Å². The van der Waals surface area contributed by atoms with Crippen molar-refractivity contribution in [1.29, 1.82) is 0 Å². The maximum absolute atomic E-state index is 11.6. The van der Waals surface area contributed by atoms with Crippen LogP contribution in [-0.4, -0.2) is 21.1 Å². The number of carbonyl (C=O) groups excluding carboxylic acids is 1. The predicted octanol–water partition coefficient (Wildman–Crippen LogP) is 1.42. The van der Waals surface area contributed by atoms with E-state index in [0.29, 0.717) is 17.5 Å². The Morgan fingerprint density at radius 1 is 1.33 bits per heavy atom. The molecule has 0 spiro atoms. The largest absolute Gasteiger partial charge is 0.508 e. The normalized spacial score (nSPS) is 20.1. The fourth-order valence-corrected chi connectivity index (χ4v) is 2.02. The molecule has 15 heavy (non-hydrogen) atoms. The zero-order chi connectivity index (χ0) is 11.2. The zero-order valence-electron chi connectivity index (χ0n) is 8.32. The van der Waals surface area contributed by atoms with Crippen molar-refractivity contribution in [2.45, 2.75) is 25.9 Å². The molecule has 1 aliphatic rings. The lowest BCUT2D eigenvalue weighted by atomic mass is 9.84. The molecule has 1 atom stereocenters. The summed E-state index contributed by atoms with van der Waals surface area (Å²) in [6, 6.07) is 1.14. The van der Waals surface area contributed by atoms with Gasteiger partial charge in [-0.3, -0.25) is 4.79 Å². The molecule has 0 bridgehead atoms. The quantitative estimate of drug-likeness (QED) is 0.602. The SMILES string of the molecule is Cc1c(O)cc(O)c2c1[C@H](O)CCC2=O. The van der Waals surface area contributed by atoms with Crippen molar-refractivity contribution in [1.82, 2.24) is 0 Å². The predicted molar refractivity (Wildman–Crippen MR) is 53.0 cm³/mol. The van der Waals surface area contributed by atoms with Gasteiger partial charge in [-0.15, -0.1) is 0 Å². The van der Waals surface area contributed by atoms with E-state index in [4.69, 9.17) is 0 Å². The van der Waals surface area contributed by atoms with Crippen molar-refractivity contribution in [3.63, 3.8) is 0 Å². The molecule has 0 heterocycles. The second-order valence-corrected chi connectivity index (χ2v) is 3.81. The van der Waals surface area contributed by atoms with E-state index in [1.165, 1.54) is 0 Å². The minimum atomic E-state index is -0.782. The molecule has 0 saturated carbocycles. The standard InChI is InChI=1S/C11H12O4/c1-5-8(14)4-9(15)11-7(13)3-2-6(12)10(5)11/h4,6,12,14-15H,2-3H2,1H3/t6-/m1/s1. The van der Waals surface area contributed by atoms with Gasteiger partial charge in [0.05, 0.1) is 11.7 Å². The first kappa shape index (κ1) is 9.98. The summed E-state index contributed by atoms with van der Waals surface area (Å²) in [6.07, 6.45) is -0.211. The van der Waals surface area contributed by atoms with E-state index < -0.39 is 6.10 Å². The van der Waals surface area contributed by atoms with E-state index in [1.54, 1.807) is 6.92 Å². The van der Waals surface area contributed by atoms with E-state index in [-0.39, 0.29) is 29.3 Å². The van der Waals surface area contributed by atoms with Crippen LogP contribution in [0.2, 0.25) is 0 Å². The molecule has 0 unspecified atom stereocenters. The van der Waals surface area contributed by atoms with Gasteiger partial charge in [0.15, 0.2) is 5.78 Å². The average Bonchev–Trinajstić information content (AvgIpc) is 2.18. The van der Waals surface area contributed by atoms with E-state index >= 15 is 0 Å². The summed E-state index contributed by atoms with van der Waals surface area (Å²) in [5.74, 6) is -0.534. The topological polar surface area (TPSA) is 77.8 Å². The lowest BCUT2D eigenvalue weighted by molar-refractivity contribution is 0.0891. The third-order valence-corrected chi connectivity index (χ3v) is 2.84. The van der Waals surface area contributed by atoms with E-state index in [9.17, 15) is 20.1 Å². The number of Topliss-reactive ketones (excluding diaryl/α,β-unsaturated/α-hetero) is 1. The zero-order valence-corrected chi connectivity index (χ0v) is 8.32. The van der Waals surface area contributed by atoms with Gasteiger partial charge in [-0.2, -0.15) is 0 Å². The van der Waals surface area contributed by atoms with Gasteiger partial charge in [0.1, 0.15) is 11.5 Å². The van der Waals surface area contributed by atoms with Crippen LogP contribution in [0.1, 0.15) is 40.4 Å². The molecule has 0 amide bonds. The molecule has 2 rings (SSSR count).